The number of amides is 2. The van der Waals surface area contributed by atoms with Crippen molar-refractivity contribution in [1.29, 1.82) is 0 Å². The summed E-state index contributed by atoms with van der Waals surface area (Å²) in [5, 5.41) is 195. The van der Waals surface area contributed by atoms with Gasteiger partial charge in [-0.1, -0.05) is 0 Å². The van der Waals surface area contributed by atoms with Crippen LogP contribution >= 0.6 is 0 Å². The van der Waals surface area contributed by atoms with E-state index >= 15 is 0 Å². The van der Waals surface area contributed by atoms with Crippen LogP contribution in [0.1, 0.15) is 20.3 Å². The van der Waals surface area contributed by atoms with Crippen LogP contribution in [-0.2, 0) is 52.3 Å². The summed E-state index contributed by atoms with van der Waals surface area (Å²) in [4.78, 5) is 37.8. The second-order valence-corrected chi connectivity index (χ2v) is 16.6. The Morgan fingerprint density at radius 1 is 0.603 bits per heavy atom. The Bertz CT molecular complexity index is 1610. The first kappa shape index (κ1) is 58.0. The van der Waals surface area contributed by atoms with Gasteiger partial charge in [0.25, 0.3) is 5.79 Å². The monoisotopic (exact) mass is 1000 g/mol. The SMILES string of the molecule is CC(=O)N[C@H]1[C@H](O[C@@H]2[C@H](O[C@]3(C(=O)O)C[C@H](O)[C@@H](NC(C)=O)[C@H]([C@H](O)[C@H](O)CO)O3)[C@@H](O)[C@@H](O[C@H]3[C@@H](O)[C@@H](CO)O[C@@H](O[C@@H]([C@H](O)[C@@H](O)CO)[C@H](O)CO)[C@@H]3O)O[C@@H]2CO)O[C@H](CO)[C@H](O)[C@@H]1O. The average molecular weight is 1000 g/mol. The van der Waals surface area contributed by atoms with E-state index in [2.05, 4.69) is 10.6 Å². The Hall–Kier alpha value is -2.59. The number of carbonyl (C=O) groups excluding carboxylic acids is 2. The van der Waals surface area contributed by atoms with Crippen LogP contribution in [0.4, 0.5) is 0 Å². The molecule has 0 aromatic heterocycles. The highest BCUT2D eigenvalue weighted by atomic mass is 16.8. The van der Waals surface area contributed by atoms with E-state index in [1.54, 1.807) is 0 Å². The molecular weight excluding hydrogens is 936 g/mol. The Labute approximate surface area is 385 Å². The third-order valence-electron chi connectivity index (χ3n) is 11.7. The summed E-state index contributed by atoms with van der Waals surface area (Å²) in [7, 11) is 0. The molecule has 0 radical (unpaired) electrons. The molecule has 4 aliphatic heterocycles. The molecule has 25 atom stereocenters. The zero-order valence-electron chi connectivity index (χ0n) is 36.3. The number of aliphatic carboxylic acids is 1. The normalized spacial score (nSPS) is 41.7. The molecule has 4 saturated heterocycles. The van der Waals surface area contributed by atoms with Crippen molar-refractivity contribution in [3.63, 3.8) is 0 Å². The van der Waals surface area contributed by atoms with Gasteiger partial charge in [-0.05, 0) is 0 Å². The predicted octanol–water partition coefficient (Wildman–Crippen LogP) is -12.8. The van der Waals surface area contributed by atoms with E-state index in [4.69, 9.17) is 37.9 Å². The fourth-order valence-corrected chi connectivity index (χ4v) is 8.13. The standard InChI is InChI=1S/C37H64N2O29/c1-10(46)38-19-12(48)3-37(36(59)60,67-30(19)22(53)14(50)5-41)68-32-27(58)35(63-18(9-45)29(32)65-33-20(39-11(2)47)25(56)23(54)16(7-43)61-33)66-31-24(55)17(8-44)62-34(26(31)57)64-28(15(51)6-42)21(52)13(49)4-40/h12-35,40-45,48-58H,3-9H2,1-2H3,(H,38,46)(H,39,47)(H,59,60)/t12-,13-,14+,15+,16+,17+,18+,19+,20+,21+,22+,23-,24-,25+,26+,27+,28+,29-,30+,31-,32+,33-,34-,35+,37-/m0/s1. The third kappa shape index (κ3) is 12.9. The molecule has 68 heavy (non-hydrogen) atoms. The molecule has 0 unspecified atom stereocenters. The van der Waals surface area contributed by atoms with Crippen LogP contribution in [0.3, 0.4) is 0 Å². The molecule has 0 saturated carbocycles. The molecule has 31 nitrogen and oxygen atoms in total. The van der Waals surface area contributed by atoms with Crippen LogP contribution in [0.5, 0.6) is 0 Å². The van der Waals surface area contributed by atoms with E-state index in [9.17, 15) is 106 Å². The van der Waals surface area contributed by atoms with Crippen LogP contribution in [0.2, 0.25) is 0 Å². The van der Waals surface area contributed by atoms with E-state index in [-0.39, 0.29) is 0 Å². The minimum absolute atomic E-state index is 0.855. The fourth-order valence-electron chi connectivity index (χ4n) is 8.13. The molecule has 0 bridgehead atoms. The molecule has 4 rings (SSSR count). The number of carbonyl (C=O) groups is 3. The molecule has 0 spiro atoms. The molecule has 4 aliphatic rings. The van der Waals surface area contributed by atoms with Crippen LogP contribution in [-0.4, -0.2) is 302 Å². The Balaban J connectivity index is 1.84. The number of carboxylic acids is 1. The number of hydrogen-bond donors (Lipinski definition) is 20. The molecule has 396 valence electrons. The second-order valence-electron chi connectivity index (χ2n) is 16.6. The van der Waals surface area contributed by atoms with Gasteiger partial charge in [0.15, 0.2) is 18.9 Å². The summed E-state index contributed by atoms with van der Waals surface area (Å²) in [5.74, 6) is -7.20. The quantitative estimate of drug-likeness (QED) is 0.0479. The minimum atomic E-state index is -3.33. The van der Waals surface area contributed by atoms with Gasteiger partial charge in [-0.2, -0.15) is 0 Å². The van der Waals surface area contributed by atoms with Crippen molar-refractivity contribution in [2.24, 2.45) is 0 Å². The second kappa shape index (κ2) is 25.2. The van der Waals surface area contributed by atoms with E-state index in [0.29, 0.717) is 0 Å². The van der Waals surface area contributed by atoms with Gasteiger partial charge in [0.1, 0.15) is 116 Å². The number of nitrogens with one attached hydrogen (secondary N) is 2. The summed E-state index contributed by atoms with van der Waals surface area (Å²) >= 11 is 0. The summed E-state index contributed by atoms with van der Waals surface area (Å²) in [5.41, 5.74) is 0. The zero-order chi connectivity index (χ0) is 51.1. The number of carboxylic acid groups (broad SMARTS) is 1. The van der Waals surface area contributed by atoms with Crippen LogP contribution < -0.4 is 10.6 Å². The predicted molar refractivity (Wildman–Crippen MR) is 209 cm³/mol. The molecule has 4 heterocycles. The van der Waals surface area contributed by atoms with Crippen molar-refractivity contribution in [2.45, 2.75) is 173 Å². The van der Waals surface area contributed by atoms with Gasteiger partial charge in [0.2, 0.25) is 11.8 Å². The first-order valence-corrected chi connectivity index (χ1v) is 21.2. The summed E-state index contributed by atoms with van der Waals surface area (Å²) in [6, 6.07) is -3.50. The zero-order valence-corrected chi connectivity index (χ0v) is 36.3. The van der Waals surface area contributed by atoms with Crippen molar-refractivity contribution in [3.05, 3.63) is 0 Å². The van der Waals surface area contributed by atoms with Crippen LogP contribution in [0, 0.1) is 0 Å². The maximum atomic E-state index is 13.3. The largest absolute Gasteiger partial charge is 0.477 e. The van der Waals surface area contributed by atoms with Gasteiger partial charge in [-0.3, -0.25) is 9.59 Å². The number of rotatable bonds is 22. The van der Waals surface area contributed by atoms with Crippen molar-refractivity contribution in [2.75, 3.05) is 39.6 Å². The van der Waals surface area contributed by atoms with Crippen LogP contribution in [0.15, 0.2) is 0 Å². The molecule has 0 aromatic rings. The topological polar surface area (TPSA) is 513 Å². The highest BCUT2D eigenvalue weighted by Gasteiger charge is 2.62. The lowest BCUT2D eigenvalue weighted by Gasteiger charge is -2.52. The average Bonchev–Trinajstić information content (AvgIpc) is 3.30. The van der Waals surface area contributed by atoms with Gasteiger partial charge < -0.3 is 140 Å². The van der Waals surface area contributed by atoms with Gasteiger partial charge in [-0.15, -0.1) is 0 Å². The molecule has 4 fully saturated rings. The number of ether oxygens (including phenoxy) is 8. The van der Waals surface area contributed by atoms with Gasteiger partial charge >= 0.3 is 5.97 Å². The smallest absolute Gasteiger partial charge is 0.364 e. The number of aliphatic hydroxyl groups is 17. The maximum absolute atomic E-state index is 13.3. The first-order chi connectivity index (χ1) is 31.9. The molecule has 2 amide bonds. The van der Waals surface area contributed by atoms with Crippen molar-refractivity contribution in [1.82, 2.24) is 10.6 Å². The molecule has 20 N–H and O–H groups in total. The Morgan fingerprint density at radius 3 is 1.63 bits per heavy atom. The first-order valence-electron chi connectivity index (χ1n) is 21.2. The highest BCUT2D eigenvalue weighted by Crippen LogP contribution is 2.40. The van der Waals surface area contributed by atoms with Crippen molar-refractivity contribution in [3.8, 4) is 0 Å². The van der Waals surface area contributed by atoms with E-state index in [1.807, 2.05) is 0 Å². The minimum Gasteiger partial charge on any atom is -0.477 e. The Morgan fingerprint density at radius 2 is 1.10 bits per heavy atom. The molecule has 0 aliphatic carbocycles. The van der Waals surface area contributed by atoms with E-state index in [1.165, 1.54) is 0 Å². The molecule has 0 aromatic carbocycles. The van der Waals surface area contributed by atoms with E-state index in [0.717, 1.165) is 13.8 Å². The lowest BCUT2D eigenvalue weighted by Crippen LogP contribution is -2.72. The highest BCUT2D eigenvalue weighted by molar-refractivity contribution is 5.76. The number of hydrogen-bond acceptors (Lipinski definition) is 28. The van der Waals surface area contributed by atoms with Gasteiger partial charge in [0.05, 0.1) is 51.8 Å². The van der Waals surface area contributed by atoms with Gasteiger partial charge in [-0.25, -0.2) is 4.79 Å². The summed E-state index contributed by atoms with van der Waals surface area (Å²) in [6.45, 7) is -4.80. The van der Waals surface area contributed by atoms with Gasteiger partial charge in [0, 0.05) is 20.3 Å². The van der Waals surface area contributed by atoms with Crippen molar-refractivity contribution < 1.29 is 144 Å². The third-order valence-corrected chi connectivity index (χ3v) is 11.7. The fraction of sp³-hybridized carbons (Fsp3) is 0.919. The van der Waals surface area contributed by atoms with E-state index < -0.39 is 217 Å². The summed E-state index contributed by atoms with van der Waals surface area (Å²) < 4.78 is 45.8. The lowest BCUT2D eigenvalue weighted by atomic mass is 9.88. The number of aliphatic hydroxyl groups excluding tert-OH is 17. The molecule has 31 heteroatoms. The maximum Gasteiger partial charge on any atom is 0.364 e. The van der Waals surface area contributed by atoms with Crippen LogP contribution in [0.25, 0.3) is 0 Å². The lowest BCUT2D eigenvalue weighted by molar-refractivity contribution is -0.402. The Kier molecular flexibility index (Phi) is 21.5. The summed E-state index contributed by atoms with van der Waals surface area (Å²) in [6.07, 6.45) is -48.0. The van der Waals surface area contributed by atoms with Crippen molar-refractivity contribution >= 4 is 17.8 Å². The molecular formula is C37H64N2O29.